The maximum absolute atomic E-state index is 12.6. The van der Waals surface area contributed by atoms with Gasteiger partial charge in [0.15, 0.2) is 0 Å². The minimum Gasteiger partial charge on any atom is -0.444 e. The van der Waals surface area contributed by atoms with E-state index in [4.69, 9.17) is 4.74 Å². The molecule has 174 valence electrons. The zero-order chi connectivity index (χ0) is 23.3. The lowest BCUT2D eigenvalue weighted by atomic mass is 10.1. The van der Waals surface area contributed by atoms with Crippen LogP contribution in [0.25, 0.3) is 0 Å². The van der Waals surface area contributed by atoms with Crippen LogP contribution < -0.4 is 5.32 Å². The zero-order valence-electron chi connectivity index (χ0n) is 19.9. The highest BCUT2D eigenvalue weighted by atomic mass is 16.6. The Morgan fingerprint density at radius 1 is 1.09 bits per heavy atom. The highest BCUT2D eigenvalue weighted by Crippen LogP contribution is 2.12. The lowest BCUT2D eigenvalue weighted by Gasteiger charge is -2.35. The van der Waals surface area contributed by atoms with Crippen molar-refractivity contribution in [1.29, 1.82) is 0 Å². The standard InChI is InChI=1S/C24H35N5O3/c1-18-15-19(2)29(26-18)17-20-7-6-8-21(16-20)22(30)25-9-10-27-11-13-28(14-12-27)23(31)32-24(3,4)5/h6-8,15-16H,9-14,17H2,1-5H3,(H,25,30). The number of nitrogens with one attached hydrogen (secondary N) is 1. The Morgan fingerprint density at radius 3 is 2.44 bits per heavy atom. The number of benzene rings is 1. The number of rotatable bonds is 6. The Kier molecular flexibility index (Phi) is 7.56. The summed E-state index contributed by atoms with van der Waals surface area (Å²) in [6.07, 6.45) is -0.259. The van der Waals surface area contributed by atoms with Crippen molar-refractivity contribution >= 4 is 12.0 Å². The molecule has 2 heterocycles. The molecule has 1 aromatic heterocycles. The number of piperazine rings is 1. The Labute approximate surface area is 190 Å². The second kappa shape index (κ2) is 10.2. The molecule has 8 heteroatoms. The normalized spacial score (nSPS) is 15.0. The SMILES string of the molecule is Cc1cc(C)n(Cc2cccc(C(=O)NCCN3CCN(C(=O)OC(C)(C)C)CC3)c2)n1. The quantitative estimate of drug-likeness (QED) is 0.746. The molecule has 1 aliphatic rings. The fraction of sp³-hybridized carbons (Fsp3) is 0.542. The van der Waals surface area contributed by atoms with Crippen LogP contribution in [-0.4, -0.2) is 76.5 Å². The van der Waals surface area contributed by atoms with Crippen molar-refractivity contribution in [2.24, 2.45) is 0 Å². The third-order valence-corrected chi connectivity index (χ3v) is 5.36. The summed E-state index contributed by atoms with van der Waals surface area (Å²) in [6, 6.07) is 9.72. The van der Waals surface area contributed by atoms with Gasteiger partial charge in [-0.25, -0.2) is 4.79 Å². The van der Waals surface area contributed by atoms with Gasteiger partial charge in [-0.1, -0.05) is 12.1 Å². The van der Waals surface area contributed by atoms with Crippen LogP contribution in [0.2, 0.25) is 0 Å². The molecule has 1 saturated heterocycles. The number of hydrogen-bond acceptors (Lipinski definition) is 5. The number of carbonyl (C=O) groups excluding carboxylic acids is 2. The Morgan fingerprint density at radius 2 is 1.81 bits per heavy atom. The largest absolute Gasteiger partial charge is 0.444 e. The highest BCUT2D eigenvalue weighted by molar-refractivity contribution is 5.94. The first kappa shape index (κ1) is 23.8. The summed E-state index contributed by atoms with van der Waals surface area (Å²) in [5.41, 5.74) is 3.31. The van der Waals surface area contributed by atoms with Crippen molar-refractivity contribution in [3.8, 4) is 0 Å². The van der Waals surface area contributed by atoms with Crippen LogP contribution in [0.1, 0.15) is 48.1 Å². The van der Waals surface area contributed by atoms with E-state index in [-0.39, 0.29) is 12.0 Å². The van der Waals surface area contributed by atoms with Gasteiger partial charge in [-0.3, -0.25) is 14.4 Å². The van der Waals surface area contributed by atoms with E-state index in [1.807, 2.05) is 69.6 Å². The molecular weight excluding hydrogens is 406 g/mol. The molecule has 2 aromatic rings. The van der Waals surface area contributed by atoms with Gasteiger partial charge in [-0.05, 0) is 58.4 Å². The molecule has 0 radical (unpaired) electrons. The number of nitrogens with zero attached hydrogens (tertiary/aromatic N) is 4. The first-order chi connectivity index (χ1) is 15.1. The van der Waals surface area contributed by atoms with Gasteiger partial charge in [0, 0.05) is 50.5 Å². The molecule has 0 atom stereocenters. The van der Waals surface area contributed by atoms with E-state index in [0.717, 1.165) is 36.6 Å². The highest BCUT2D eigenvalue weighted by Gasteiger charge is 2.25. The van der Waals surface area contributed by atoms with E-state index < -0.39 is 5.60 Å². The average molecular weight is 442 g/mol. The zero-order valence-corrected chi connectivity index (χ0v) is 19.9. The maximum atomic E-state index is 12.6. The number of ether oxygens (including phenoxy) is 1. The molecule has 32 heavy (non-hydrogen) atoms. The smallest absolute Gasteiger partial charge is 0.410 e. The monoisotopic (exact) mass is 441 g/mol. The third kappa shape index (κ3) is 6.82. The van der Waals surface area contributed by atoms with E-state index in [1.54, 1.807) is 4.90 Å². The van der Waals surface area contributed by atoms with Gasteiger partial charge >= 0.3 is 6.09 Å². The van der Waals surface area contributed by atoms with Crippen molar-refractivity contribution < 1.29 is 14.3 Å². The predicted molar refractivity (Wildman–Crippen MR) is 124 cm³/mol. The third-order valence-electron chi connectivity index (χ3n) is 5.36. The van der Waals surface area contributed by atoms with E-state index in [1.165, 1.54) is 0 Å². The van der Waals surface area contributed by atoms with Crippen molar-refractivity contribution in [2.45, 2.75) is 46.8 Å². The number of hydrogen-bond donors (Lipinski definition) is 1. The molecule has 1 N–H and O–H groups in total. The van der Waals surface area contributed by atoms with E-state index >= 15 is 0 Å². The van der Waals surface area contributed by atoms with Gasteiger partial charge in [0.2, 0.25) is 0 Å². The maximum Gasteiger partial charge on any atom is 0.410 e. The van der Waals surface area contributed by atoms with Crippen molar-refractivity contribution in [1.82, 2.24) is 24.9 Å². The number of carbonyl (C=O) groups is 2. The van der Waals surface area contributed by atoms with Crippen LogP contribution in [-0.2, 0) is 11.3 Å². The summed E-state index contributed by atoms with van der Waals surface area (Å²) in [7, 11) is 0. The molecule has 1 fully saturated rings. The van der Waals surface area contributed by atoms with E-state index in [2.05, 4.69) is 15.3 Å². The number of aryl methyl sites for hydroxylation is 2. The fourth-order valence-corrected chi connectivity index (χ4v) is 3.73. The van der Waals surface area contributed by atoms with E-state index in [9.17, 15) is 9.59 Å². The van der Waals surface area contributed by atoms with E-state index in [0.29, 0.717) is 31.7 Å². The van der Waals surface area contributed by atoms with Gasteiger partial charge in [-0.2, -0.15) is 5.10 Å². The second-order valence-electron chi connectivity index (χ2n) is 9.35. The topological polar surface area (TPSA) is 79.7 Å². The van der Waals surface area contributed by atoms with Crippen LogP contribution in [0.5, 0.6) is 0 Å². The first-order valence-corrected chi connectivity index (χ1v) is 11.2. The summed E-state index contributed by atoms with van der Waals surface area (Å²) >= 11 is 0. The van der Waals surface area contributed by atoms with Gasteiger partial charge in [0.25, 0.3) is 5.91 Å². The molecule has 0 bridgehead atoms. The molecule has 1 aromatic carbocycles. The van der Waals surface area contributed by atoms with Crippen LogP contribution in [0.15, 0.2) is 30.3 Å². The number of aromatic nitrogens is 2. The molecule has 2 amide bonds. The lowest BCUT2D eigenvalue weighted by molar-refractivity contribution is 0.0147. The van der Waals surface area contributed by atoms with Crippen LogP contribution >= 0.6 is 0 Å². The minimum atomic E-state index is -0.480. The second-order valence-corrected chi connectivity index (χ2v) is 9.35. The molecule has 1 aliphatic heterocycles. The molecule has 8 nitrogen and oxygen atoms in total. The molecule has 0 spiro atoms. The van der Waals surface area contributed by atoms with Gasteiger partial charge in [0.1, 0.15) is 5.60 Å². The Hall–Kier alpha value is -2.87. The van der Waals surface area contributed by atoms with Gasteiger partial charge in [-0.15, -0.1) is 0 Å². The van der Waals surface area contributed by atoms with Crippen LogP contribution in [0, 0.1) is 13.8 Å². The number of amides is 2. The van der Waals surface area contributed by atoms with Crippen molar-refractivity contribution in [3.05, 3.63) is 52.8 Å². The summed E-state index contributed by atoms with van der Waals surface area (Å²) in [5.74, 6) is -0.0763. The molecule has 3 rings (SSSR count). The fourth-order valence-electron chi connectivity index (χ4n) is 3.73. The van der Waals surface area contributed by atoms with Crippen molar-refractivity contribution in [2.75, 3.05) is 39.3 Å². The predicted octanol–water partition coefficient (Wildman–Crippen LogP) is 2.83. The average Bonchev–Trinajstić information content (AvgIpc) is 3.04. The van der Waals surface area contributed by atoms with Crippen LogP contribution in [0.4, 0.5) is 4.79 Å². The minimum absolute atomic E-state index is 0.0763. The molecule has 0 unspecified atom stereocenters. The van der Waals surface area contributed by atoms with Crippen molar-refractivity contribution in [3.63, 3.8) is 0 Å². The summed E-state index contributed by atoms with van der Waals surface area (Å²) in [4.78, 5) is 28.8. The first-order valence-electron chi connectivity index (χ1n) is 11.2. The van der Waals surface area contributed by atoms with Gasteiger partial charge < -0.3 is 15.0 Å². The summed E-state index contributed by atoms with van der Waals surface area (Å²) in [6.45, 7) is 14.4. The summed E-state index contributed by atoms with van der Waals surface area (Å²) in [5, 5.41) is 7.50. The Bertz CT molecular complexity index is 939. The molecular formula is C24H35N5O3. The summed E-state index contributed by atoms with van der Waals surface area (Å²) < 4.78 is 7.38. The van der Waals surface area contributed by atoms with Gasteiger partial charge in [0.05, 0.1) is 12.2 Å². The van der Waals surface area contributed by atoms with Crippen LogP contribution in [0.3, 0.4) is 0 Å². The molecule has 0 saturated carbocycles. The Balaban J connectivity index is 1.43. The lowest BCUT2D eigenvalue weighted by Crippen LogP contribution is -2.51. The molecule has 0 aliphatic carbocycles.